The fraction of sp³-hybridized carbons (Fsp3) is 0.500. The van der Waals surface area contributed by atoms with Gasteiger partial charge in [-0.05, 0) is 69.5 Å². The number of carbonyl (C=O) groups excluding carboxylic acids is 1. The number of anilines is 1. The zero-order valence-corrected chi connectivity index (χ0v) is 18.9. The maximum atomic E-state index is 13.1. The first-order valence-corrected chi connectivity index (χ1v) is 11.7. The summed E-state index contributed by atoms with van der Waals surface area (Å²) in [6.07, 6.45) is 2.96. The van der Waals surface area contributed by atoms with Crippen LogP contribution in [-0.2, 0) is 4.79 Å². The standard InChI is InChI=1S/C26H35N3O2/c1-21(2)27-15-6-16-29(20-19-27)26(30)22-13-17-28(18-14-22)23-9-11-25(12-10-23)31-24-7-4-3-5-8-24/h3-5,7-12,21-22H,6,13-20H2,1-2H3. The summed E-state index contributed by atoms with van der Waals surface area (Å²) in [6.45, 7) is 10.2. The monoisotopic (exact) mass is 421 g/mol. The number of hydrogen-bond donors (Lipinski definition) is 0. The first-order chi connectivity index (χ1) is 15.1. The second kappa shape index (κ2) is 10.2. The summed E-state index contributed by atoms with van der Waals surface area (Å²) in [7, 11) is 0. The van der Waals surface area contributed by atoms with Gasteiger partial charge in [-0.2, -0.15) is 0 Å². The molecule has 2 aliphatic heterocycles. The molecule has 0 saturated carbocycles. The van der Waals surface area contributed by atoms with E-state index in [4.69, 9.17) is 4.74 Å². The number of rotatable bonds is 5. The lowest BCUT2D eigenvalue weighted by Crippen LogP contribution is -2.44. The van der Waals surface area contributed by atoms with Gasteiger partial charge in [0, 0.05) is 56.9 Å². The topological polar surface area (TPSA) is 36.0 Å². The van der Waals surface area contributed by atoms with Crippen molar-refractivity contribution in [3.8, 4) is 11.5 Å². The molecule has 4 rings (SSSR count). The summed E-state index contributed by atoms with van der Waals surface area (Å²) < 4.78 is 5.90. The van der Waals surface area contributed by atoms with Crippen molar-refractivity contribution in [3.05, 3.63) is 54.6 Å². The fourth-order valence-corrected chi connectivity index (χ4v) is 4.67. The highest BCUT2D eigenvalue weighted by Gasteiger charge is 2.30. The molecule has 0 bridgehead atoms. The van der Waals surface area contributed by atoms with Crippen LogP contribution in [0.15, 0.2) is 54.6 Å². The third kappa shape index (κ3) is 5.59. The predicted molar refractivity (Wildman–Crippen MR) is 126 cm³/mol. The Hall–Kier alpha value is -2.53. The van der Waals surface area contributed by atoms with E-state index in [0.717, 1.165) is 70.0 Å². The number of nitrogens with zero attached hydrogens (tertiary/aromatic N) is 3. The smallest absolute Gasteiger partial charge is 0.225 e. The Kier molecular flexibility index (Phi) is 7.13. The highest BCUT2D eigenvalue weighted by atomic mass is 16.5. The highest BCUT2D eigenvalue weighted by Crippen LogP contribution is 2.28. The molecule has 0 aromatic heterocycles. The van der Waals surface area contributed by atoms with Gasteiger partial charge in [-0.3, -0.25) is 9.69 Å². The SMILES string of the molecule is CC(C)N1CCCN(C(=O)C2CCN(c3ccc(Oc4ccccc4)cc3)CC2)CC1. The van der Waals surface area contributed by atoms with E-state index in [-0.39, 0.29) is 5.92 Å². The van der Waals surface area contributed by atoms with Gasteiger partial charge in [-0.25, -0.2) is 0 Å². The van der Waals surface area contributed by atoms with Gasteiger partial charge < -0.3 is 14.5 Å². The largest absolute Gasteiger partial charge is 0.457 e. The fourth-order valence-electron chi connectivity index (χ4n) is 4.67. The van der Waals surface area contributed by atoms with Gasteiger partial charge in [0.15, 0.2) is 0 Å². The maximum absolute atomic E-state index is 13.1. The minimum atomic E-state index is 0.169. The number of piperidine rings is 1. The minimum Gasteiger partial charge on any atom is -0.457 e. The second-order valence-corrected chi connectivity index (χ2v) is 8.98. The molecule has 0 unspecified atom stereocenters. The van der Waals surface area contributed by atoms with Gasteiger partial charge in [0.2, 0.25) is 5.91 Å². The van der Waals surface area contributed by atoms with Gasteiger partial charge >= 0.3 is 0 Å². The van der Waals surface area contributed by atoms with Crippen LogP contribution in [0, 0.1) is 5.92 Å². The Balaban J connectivity index is 1.28. The Bertz CT molecular complexity index is 829. The normalized spacial score (nSPS) is 18.8. The molecule has 2 fully saturated rings. The van der Waals surface area contributed by atoms with Crippen LogP contribution in [0.5, 0.6) is 11.5 Å². The van der Waals surface area contributed by atoms with Crippen molar-refractivity contribution in [2.24, 2.45) is 5.92 Å². The molecule has 5 heteroatoms. The van der Waals surface area contributed by atoms with Crippen LogP contribution in [-0.4, -0.2) is 61.0 Å². The Morgan fingerprint density at radius 3 is 2.19 bits per heavy atom. The molecule has 5 nitrogen and oxygen atoms in total. The van der Waals surface area contributed by atoms with E-state index in [1.807, 2.05) is 42.5 Å². The maximum Gasteiger partial charge on any atom is 0.225 e. The molecular formula is C26H35N3O2. The van der Waals surface area contributed by atoms with Gasteiger partial charge in [-0.1, -0.05) is 18.2 Å². The summed E-state index contributed by atoms with van der Waals surface area (Å²) in [4.78, 5) is 20.1. The number of amides is 1. The van der Waals surface area contributed by atoms with Crippen molar-refractivity contribution in [2.75, 3.05) is 44.2 Å². The molecule has 2 aromatic carbocycles. The molecule has 0 atom stereocenters. The van der Waals surface area contributed by atoms with Crippen LogP contribution in [0.25, 0.3) is 0 Å². The van der Waals surface area contributed by atoms with Crippen molar-refractivity contribution >= 4 is 11.6 Å². The predicted octanol–water partition coefficient (Wildman–Crippen LogP) is 4.64. The number of benzene rings is 2. The number of hydrogen-bond acceptors (Lipinski definition) is 4. The summed E-state index contributed by atoms with van der Waals surface area (Å²) in [5.74, 6) is 2.23. The van der Waals surface area contributed by atoms with Crippen molar-refractivity contribution in [1.29, 1.82) is 0 Å². The summed E-state index contributed by atoms with van der Waals surface area (Å²) >= 11 is 0. The molecule has 2 aromatic rings. The van der Waals surface area contributed by atoms with Gasteiger partial charge in [0.25, 0.3) is 0 Å². The van der Waals surface area contributed by atoms with Crippen LogP contribution < -0.4 is 9.64 Å². The van der Waals surface area contributed by atoms with E-state index >= 15 is 0 Å². The van der Waals surface area contributed by atoms with Gasteiger partial charge in [-0.15, -0.1) is 0 Å². The van der Waals surface area contributed by atoms with E-state index < -0.39 is 0 Å². The molecule has 0 spiro atoms. The molecule has 2 saturated heterocycles. The van der Waals surface area contributed by atoms with Crippen molar-refractivity contribution in [1.82, 2.24) is 9.80 Å². The molecule has 31 heavy (non-hydrogen) atoms. The molecule has 0 aliphatic carbocycles. The minimum absolute atomic E-state index is 0.169. The lowest BCUT2D eigenvalue weighted by Gasteiger charge is -2.35. The van der Waals surface area contributed by atoms with Crippen molar-refractivity contribution in [2.45, 2.75) is 39.2 Å². The quantitative estimate of drug-likeness (QED) is 0.705. The third-order valence-electron chi connectivity index (χ3n) is 6.60. The van der Waals surface area contributed by atoms with Crippen LogP contribution in [0.1, 0.15) is 33.1 Å². The Labute approximate surface area is 186 Å². The molecule has 2 heterocycles. The molecule has 1 amide bonds. The lowest BCUT2D eigenvalue weighted by molar-refractivity contribution is -0.136. The Morgan fingerprint density at radius 2 is 1.52 bits per heavy atom. The molecule has 0 radical (unpaired) electrons. The highest BCUT2D eigenvalue weighted by molar-refractivity contribution is 5.79. The van der Waals surface area contributed by atoms with Crippen LogP contribution in [0.2, 0.25) is 0 Å². The molecule has 166 valence electrons. The van der Waals surface area contributed by atoms with E-state index in [2.05, 4.69) is 40.7 Å². The van der Waals surface area contributed by atoms with Crippen LogP contribution >= 0.6 is 0 Å². The first kappa shape index (κ1) is 21.7. The Morgan fingerprint density at radius 1 is 0.839 bits per heavy atom. The van der Waals surface area contributed by atoms with Gasteiger partial charge in [0.1, 0.15) is 11.5 Å². The van der Waals surface area contributed by atoms with Gasteiger partial charge in [0.05, 0.1) is 0 Å². The third-order valence-corrected chi connectivity index (χ3v) is 6.60. The summed E-state index contributed by atoms with van der Waals surface area (Å²) in [5.41, 5.74) is 1.20. The van der Waals surface area contributed by atoms with Crippen LogP contribution in [0.4, 0.5) is 5.69 Å². The number of carbonyl (C=O) groups is 1. The zero-order valence-electron chi connectivity index (χ0n) is 18.9. The lowest BCUT2D eigenvalue weighted by atomic mass is 9.94. The average molecular weight is 422 g/mol. The van der Waals surface area contributed by atoms with Crippen LogP contribution in [0.3, 0.4) is 0 Å². The van der Waals surface area contributed by atoms with Crippen molar-refractivity contribution < 1.29 is 9.53 Å². The van der Waals surface area contributed by atoms with Crippen molar-refractivity contribution in [3.63, 3.8) is 0 Å². The molecule has 0 N–H and O–H groups in total. The number of para-hydroxylation sites is 1. The van der Waals surface area contributed by atoms with E-state index in [9.17, 15) is 4.79 Å². The first-order valence-electron chi connectivity index (χ1n) is 11.7. The summed E-state index contributed by atoms with van der Waals surface area (Å²) in [5, 5.41) is 0. The van der Waals surface area contributed by atoms with E-state index in [1.165, 1.54) is 5.69 Å². The van der Waals surface area contributed by atoms with E-state index in [0.29, 0.717) is 11.9 Å². The summed E-state index contributed by atoms with van der Waals surface area (Å²) in [6, 6.07) is 18.7. The zero-order chi connectivity index (χ0) is 21.6. The number of ether oxygens (including phenoxy) is 1. The second-order valence-electron chi connectivity index (χ2n) is 8.98. The molecule has 2 aliphatic rings. The molecular weight excluding hydrogens is 386 g/mol. The van der Waals surface area contributed by atoms with E-state index in [1.54, 1.807) is 0 Å². The average Bonchev–Trinajstić information content (AvgIpc) is 3.07.